The van der Waals surface area contributed by atoms with Gasteiger partial charge in [0, 0.05) is 23.5 Å². The Morgan fingerprint density at radius 2 is 2.18 bits per heavy atom. The summed E-state index contributed by atoms with van der Waals surface area (Å²) in [5.41, 5.74) is 1.49. The molecular formula is C11H11Cl2N3O. The van der Waals surface area contributed by atoms with Crippen LogP contribution in [0.3, 0.4) is 0 Å². The quantitative estimate of drug-likeness (QED) is 0.933. The third-order valence-electron chi connectivity index (χ3n) is 2.52. The van der Waals surface area contributed by atoms with E-state index in [0.717, 1.165) is 5.56 Å². The normalized spacial score (nSPS) is 12.7. The Morgan fingerprint density at radius 1 is 1.41 bits per heavy atom. The number of aliphatic hydroxyl groups is 1. The Labute approximate surface area is 109 Å². The monoisotopic (exact) mass is 271 g/mol. The molecule has 1 aromatic carbocycles. The second kappa shape index (κ2) is 5.04. The van der Waals surface area contributed by atoms with E-state index in [2.05, 4.69) is 10.3 Å². The lowest BCUT2D eigenvalue weighted by atomic mass is 10.1. The zero-order valence-corrected chi connectivity index (χ0v) is 10.7. The van der Waals surface area contributed by atoms with Crippen molar-refractivity contribution in [3.63, 3.8) is 0 Å². The minimum Gasteiger partial charge on any atom is -0.386 e. The second-order valence-electron chi connectivity index (χ2n) is 3.74. The molecule has 0 fully saturated rings. The lowest BCUT2D eigenvalue weighted by Crippen LogP contribution is -2.08. The highest BCUT2D eigenvalue weighted by Crippen LogP contribution is 2.25. The molecule has 0 aliphatic carbocycles. The van der Waals surface area contributed by atoms with Gasteiger partial charge in [-0.3, -0.25) is 0 Å². The summed E-state index contributed by atoms with van der Waals surface area (Å²) < 4.78 is 1.54. The largest absolute Gasteiger partial charge is 0.386 e. The van der Waals surface area contributed by atoms with Crippen LogP contribution in [-0.4, -0.2) is 20.1 Å². The number of nitrogens with zero attached hydrogens (tertiary/aromatic N) is 3. The summed E-state index contributed by atoms with van der Waals surface area (Å²) in [4.78, 5) is 0. The molecule has 0 aliphatic heterocycles. The van der Waals surface area contributed by atoms with E-state index in [1.807, 2.05) is 0 Å². The first-order valence-electron chi connectivity index (χ1n) is 5.04. The summed E-state index contributed by atoms with van der Waals surface area (Å²) in [7, 11) is 1.73. The molecule has 4 nitrogen and oxygen atoms in total. The molecule has 2 aromatic rings. The number of aliphatic hydroxyl groups excluding tert-OH is 1. The van der Waals surface area contributed by atoms with Crippen LogP contribution in [0.5, 0.6) is 0 Å². The minimum atomic E-state index is -0.686. The molecule has 1 unspecified atom stereocenters. The van der Waals surface area contributed by atoms with Gasteiger partial charge in [0.25, 0.3) is 0 Å². The van der Waals surface area contributed by atoms with Crippen molar-refractivity contribution in [1.82, 2.24) is 15.0 Å². The molecule has 0 aliphatic rings. The van der Waals surface area contributed by atoms with Crippen LogP contribution in [0.15, 0.2) is 24.4 Å². The molecule has 2 rings (SSSR count). The van der Waals surface area contributed by atoms with Gasteiger partial charge in [0.2, 0.25) is 0 Å². The van der Waals surface area contributed by atoms with Gasteiger partial charge in [-0.25, -0.2) is 4.68 Å². The fourth-order valence-corrected chi connectivity index (χ4v) is 2.09. The van der Waals surface area contributed by atoms with E-state index in [4.69, 9.17) is 23.2 Å². The molecule has 0 bridgehead atoms. The number of halogens is 2. The molecule has 0 spiro atoms. The molecule has 1 aromatic heterocycles. The van der Waals surface area contributed by atoms with Crippen molar-refractivity contribution >= 4 is 23.2 Å². The summed E-state index contributed by atoms with van der Waals surface area (Å²) >= 11 is 11.8. The van der Waals surface area contributed by atoms with Crippen molar-refractivity contribution in [2.75, 3.05) is 0 Å². The Balaban J connectivity index is 2.19. The zero-order chi connectivity index (χ0) is 12.4. The van der Waals surface area contributed by atoms with Crippen LogP contribution in [0.4, 0.5) is 0 Å². The van der Waals surface area contributed by atoms with Crippen molar-refractivity contribution in [3.8, 4) is 0 Å². The molecule has 1 N–H and O–H groups in total. The molecular weight excluding hydrogens is 261 g/mol. The van der Waals surface area contributed by atoms with E-state index in [0.29, 0.717) is 22.2 Å². The van der Waals surface area contributed by atoms with Crippen LogP contribution in [0.25, 0.3) is 0 Å². The molecule has 1 atom stereocenters. The predicted molar refractivity (Wildman–Crippen MR) is 66.1 cm³/mol. The van der Waals surface area contributed by atoms with Gasteiger partial charge in [0.1, 0.15) is 6.10 Å². The SMILES string of the molecule is Cn1nncc1C(O)Cc1ccc(Cl)cc1Cl. The summed E-state index contributed by atoms with van der Waals surface area (Å²) in [5.74, 6) is 0. The highest BCUT2D eigenvalue weighted by Gasteiger charge is 2.14. The number of hydrogen-bond acceptors (Lipinski definition) is 3. The highest BCUT2D eigenvalue weighted by molar-refractivity contribution is 6.35. The van der Waals surface area contributed by atoms with Gasteiger partial charge in [0.15, 0.2) is 0 Å². The molecule has 0 radical (unpaired) electrons. The predicted octanol–water partition coefficient (Wildman–Crippen LogP) is 2.40. The standard InChI is InChI=1S/C11H11Cl2N3O/c1-16-10(6-14-15-16)11(17)4-7-2-3-8(12)5-9(7)13/h2-3,5-6,11,17H,4H2,1H3. The van der Waals surface area contributed by atoms with Crippen LogP contribution >= 0.6 is 23.2 Å². The smallest absolute Gasteiger partial charge is 0.101 e. The summed E-state index contributed by atoms with van der Waals surface area (Å²) in [6, 6.07) is 5.21. The molecule has 0 saturated carbocycles. The van der Waals surface area contributed by atoms with Crippen molar-refractivity contribution in [3.05, 3.63) is 45.7 Å². The van der Waals surface area contributed by atoms with E-state index >= 15 is 0 Å². The number of aryl methyl sites for hydroxylation is 1. The van der Waals surface area contributed by atoms with Crippen LogP contribution in [0.1, 0.15) is 17.4 Å². The summed E-state index contributed by atoms with van der Waals surface area (Å²) in [6.07, 6.45) is 1.25. The van der Waals surface area contributed by atoms with Crippen LogP contribution in [0, 0.1) is 0 Å². The lowest BCUT2D eigenvalue weighted by Gasteiger charge is -2.11. The first-order chi connectivity index (χ1) is 8.08. The van der Waals surface area contributed by atoms with Crippen molar-refractivity contribution in [2.45, 2.75) is 12.5 Å². The Kier molecular flexibility index (Phi) is 3.66. The molecule has 0 amide bonds. The van der Waals surface area contributed by atoms with E-state index in [1.165, 1.54) is 10.9 Å². The number of hydrogen-bond donors (Lipinski definition) is 1. The van der Waals surface area contributed by atoms with E-state index in [1.54, 1.807) is 25.2 Å². The first kappa shape index (κ1) is 12.4. The Hall–Kier alpha value is -1.10. The number of aromatic nitrogens is 3. The summed E-state index contributed by atoms with van der Waals surface area (Å²) in [5, 5.41) is 18.7. The van der Waals surface area contributed by atoms with Gasteiger partial charge in [0.05, 0.1) is 11.9 Å². The topological polar surface area (TPSA) is 50.9 Å². The van der Waals surface area contributed by atoms with Gasteiger partial charge in [-0.15, -0.1) is 5.10 Å². The average Bonchev–Trinajstić information content (AvgIpc) is 2.68. The van der Waals surface area contributed by atoms with Crippen molar-refractivity contribution in [2.24, 2.45) is 7.05 Å². The Morgan fingerprint density at radius 3 is 2.76 bits per heavy atom. The molecule has 6 heteroatoms. The van der Waals surface area contributed by atoms with E-state index < -0.39 is 6.10 Å². The number of rotatable bonds is 3. The van der Waals surface area contributed by atoms with Crippen molar-refractivity contribution < 1.29 is 5.11 Å². The maximum atomic E-state index is 10.0. The van der Waals surface area contributed by atoms with Crippen LogP contribution in [-0.2, 0) is 13.5 Å². The first-order valence-corrected chi connectivity index (χ1v) is 5.80. The fourth-order valence-electron chi connectivity index (χ4n) is 1.60. The van der Waals surface area contributed by atoms with E-state index in [-0.39, 0.29) is 0 Å². The third kappa shape index (κ3) is 2.77. The summed E-state index contributed by atoms with van der Waals surface area (Å²) in [6.45, 7) is 0. The fraction of sp³-hybridized carbons (Fsp3) is 0.273. The maximum Gasteiger partial charge on any atom is 0.101 e. The second-order valence-corrected chi connectivity index (χ2v) is 4.58. The highest BCUT2D eigenvalue weighted by atomic mass is 35.5. The van der Waals surface area contributed by atoms with Gasteiger partial charge >= 0.3 is 0 Å². The van der Waals surface area contributed by atoms with Gasteiger partial charge in [-0.05, 0) is 17.7 Å². The molecule has 1 heterocycles. The van der Waals surface area contributed by atoms with Gasteiger partial charge in [-0.1, -0.05) is 34.5 Å². The molecule has 0 saturated heterocycles. The van der Waals surface area contributed by atoms with Crippen LogP contribution < -0.4 is 0 Å². The maximum absolute atomic E-state index is 10.0. The average molecular weight is 272 g/mol. The van der Waals surface area contributed by atoms with Crippen LogP contribution in [0.2, 0.25) is 10.0 Å². The minimum absolute atomic E-state index is 0.400. The third-order valence-corrected chi connectivity index (χ3v) is 3.11. The Bertz CT molecular complexity index is 527. The van der Waals surface area contributed by atoms with Gasteiger partial charge in [-0.2, -0.15) is 0 Å². The number of benzene rings is 1. The molecule has 90 valence electrons. The zero-order valence-electron chi connectivity index (χ0n) is 9.14. The van der Waals surface area contributed by atoms with Crippen molar-refractivity contribution in [1.29, 1.82) is 0 Å². The lowest BCUT2D eigenvalue weighted by molar-refractivity contribution is 0.168. The van der Waals surface area contributed by atoms with Gasteiger partial charge < -0.3 is 5.11 Å². The molecule has 17 heavy (non-hydrogen) atoms. The van der Waals surface area contributed by atoms with E-state index in [9.17, 15) is 5.11 Å².